The third-order valence-corrected chi connectivity index (χ3v) is 8.18. The number of carbonyl (C=O) groups excluding carboxylic acids is 1. The Morgan fingerprint density at radius 2 is 1.76 bits per heavy atom. The summed E-state index contributed by atoms with van der Waals surface area (Å²) in [6.07, 6.45) is 6.97. The van der Waals surface area contributed by atoms with E-state index in [-0.39, 0.29) is 13.2 Å². The molecule has 220 valence electrons. The molecule has 0 saturated carbocycles. The fourth-order valence-electron chi connectivity index (χ4n) is 5.22. The van der Waals surface area contributed by atoms with Gasteiger partial charge in [-0.2, -0.15) is 0 Å². The van der Waals surface area contributed by atoms with Crippen molar-refractivity contribution in [2.24, 2.45) is 4.99 Å². The molecule has 0 bridgehead atoms. The van der Waals surface area contributed by atoms with Gasteiger partial charge in [0.2, 0.25) is 0 Å². The topological polar surface area (TPSA) is 76.1 Å². The fraction of sp³-hybridized carbons (Fsp3) is 0.364. The van der Waals surface area contributed by atoms with Crippen molar-refractivity contribution in [3.05, 3.63) is 111 Å². The van der Waals surface area contributed by atoms with E-state index in [0.29, 0.717) is 45.9 Å². The number of esters is 1. The second kappa shape index (κ2) is 15.3. The summed E-state index contributed by atoms with van der Waals surface area (Å²) in [5, 5.41) is 4.17. The first-order chi connectivity index (χ1) is 20.6. The van der Waals surface area contributed by atoms with Crippen LogP contribution in [-0.4, -0.2) is 61.1 Å². The van der Waals surface area contributed by atoms with Crippen LogP contribution in [0.4, 0.5) is 0 Å². The third-order valence-electron chi connectivity index (χ3n) is 7.45. The lowest BCUT2D eigenvalue weighted by Gasteiger charge is -2.28. The highest BCUT2D eigenvalue weighted by Crippen LogP contribution is 2.35. The Kier molecular flexibility index (Phi) is 11.0. The van der Waals surface area contributed by atoms with Crippen LogP contribution < -0.4 is 5.32 Å². The van der Waals surface area contributed by atoms with E-state index < -0.39 is 12.0 Å². The summed E-state index contributed by atoms with van der Waals surface area (Å²) in [5.41, 5.74) is 3.58. The van der Waals surface area contributed by atoms with E-state index >= 15 is 0 Å². The monoisotopic (exact) mass is 606 g/mol. The number of piperidine rings is 1. The van der Waals surface area contributed by atoms with E-state index in [0.717, 1.165) is 31.6 Å². The lowest BCUT2D eigenvalue weighted by Crippen LogP contribution is -2.37. The molecule has 2 aromatic carbocycles. The van der Waals surface area contributed by atoms with Gasteiger partial charge < -0.3 is 19.7 Å². The van der Waals surface area contributed by atoms with Crippen molar-refractivity contribution < 1.29 is 14.3 Å². The zero-order valence-corrected chi connectivity index (χ0v) is 25.1. The molecule has 42 heavy (non-hydrogen) atoms. The fourth-order valence-corrected chi connectivity index (χ4v) is 5.53. The van der Waals surface area contributed by atoms with E-state index in [1.165, 1.54) is 24.8 Å². The molecule has 5 rings (SSSR count). The Labute approximate surface area is 257 Å². The summed E-state index contributed by atoms with van der Waals surface area (Å²) in [6.45, 7) is 4.08. The van der Waals surface area contributed by atoms with Crippen LogP contribution in [0.15, 0.2) is 89.2 Å². The van der Waals surface area contributed by atoms with Crippen molar-refractivity contribution in [1.82, 2.24) is 15.2 Å². The van der Waals surface area contributed by atoms with E-state index in [2.05, 4.69) is 27.3 Å². The van der Waals surface area contributed by atoms with Crippen molar-refractivity contribution in [1.29, 1.82) is 0 Å². The molecule has 1 fully saturated rings. The minimum absolute atomic E-state index is 0.200. The zero-order valence-electron chi connectivity index (χ0n) is 23.6. The first kappa shape index (κ1) is 30.2. The number of hydrogen-bond donors (Lipinski definition) is 1. The Bertz CT molecular complexity index is 1390. The van der Waals surface area contributed by atoms with Crippen LogP contribution in [0.25, 0.3) is 0 Å². The summed E-state index contributed by atoms with van der Waals surface area (Å²) in [4.78, 5) is 25.6. The van der Waals surface area contributed by atoms with Gasteiger partial charge in [-0.15, -0.1) is 0 Å². The van der Waals surface area contributed by atoms with E-state index in [4.69, 9.17) is 37.7 Å². The second-order valence-electron chi connectivity index (χ2n) is 10.5. The van der Waals surface area contributed by atoms with Crippen LogP contribution in [-0.2, 0) is 20.7 Å². The van der Waals surface area contributed by atoms with Crippen LogP contribution in [0.5, 0.6) is 0 Å². The van der Waals surface area contributed by atoms with Crippen molar-refractivity contribution in [2.45, 2.75) is 38.1 Å². The zero-order chi connectivity index (χ0) is 29.1. The van der Waals surface area contributed by atoms with Gasteiger partial charge in [0.15, 0.2) is 5.84 Å². The number of ether oxygens (including phenoxy) is 2. The Hall–Kier alpha value is -3.23. The first-order valence-corrected chi connectivity index (χ1v) is 15.3. The number of halogens is 2. The van der Waals surface area contributed by atoms with Crippen molar-refractivity contribution in [2.75, 3.05) is 39.5 Å². The van der Waals surface area contributed by atoms with Crippen LogP contribution in [0.1, 0.15) is 48.5 Å². The number of pyridine rings is 1. The number of nitrogens with zero attached hydrogens (tertiary/aromatic N) is 3. The maximum absolute atomic E-state index is 13.8. The number of benzene rings is 2. The highest BCUT2D eigenvalue weighted by molar-refractivity contribution is 6.42. The molecule has 9 heteroatoms. The molecular formula is C33H36Cl2N4O3. The van der Waals surface area contributed by atoms with Crippen molar-refractivity contribution in [3.8, 4) is 0 Å². The molecule has 1 saturated heterocycles. The molecule has 1 N–H and O–H groups in total. The SMILES string of the molecule is O=C(OCCCc1ccccc1)C1=C(COCCN2CCCCC2)NC(c2ccccn2)=NC1c1ccc(Cl)c(Cl)c1. The van der Waals surface area contributed by atoms with Gasteiger partial charge in [-0.1, -0.05) is 72.1 Å². The van der Waals surface area contributed by atoms with E-state index in [1.807, 2.05) is 42.5 Å². The molecule has 0 radical (unpaired) electrons. The molecule has 3 aromatic rings. The minimum atomic E-state index is -0.680. The molecule has 0 amide bonds. The lowest BCUT2D eigenvalue weighted by atomic mass is 9.95. The van der Waals surface area contributed by atoms with Gasteiger partial charge in [0, 0.05) is 12.7 Å². The van der Waals surface area contributed by atoms with Gasteiger partial charge in [-0.25, -0.2) is 4.79 Å². The Morgan fingerprint density at radius 1 is 0.952 bits per heavy atom. The minimum Gasteiger partial charge on any atom is -0.462 e. The Morgan fingerprint density at radius 3 is 2.52 bits per heavy atom. The number of hydrogen-bond acceptors (Lipinski definition) is 7. The first-order valence-electron chi connectivity index (χ1n) is 14.5. The average Bonchev–Trinajstić information content (AvgIpc) is 3.03. The standard InChI is InChI=1S/C33H36Cl2N4O3/c34-26-15-14-25(22-27(26)35)31-30(33(40)42-20-9-12-24-10-3-1-4-11-24)29(23-41-21-19-39-17-7-2-8-18-39)37-32(38-31)28-13-5-6-16-36-28/h1,3-6,10-11,13-16,22,31H,2,7-9,12,17-21,23H2,(H,37,38). The van der Waals surface area contributed by atoms with Crippen molar-refractivity contribution in [3.63, 3.8) is 0 Å². The molecule has 1 atom stereocenters. The smallest absolute Gasteiger partial charge is 0.338 e. The number of aliphatic imine (C=N–C) groups is 1. The quantitative estimate of drug-likeness (QED) is 0.190. The lowest BCUT2D eigenvalue weighted by molar-refractivity contribution is -0.139. The predicted octanol–water partition coefficient (Wildman–Crippen LogP) is 6.41. The number of aromatic nitrogens is 1. The van der Waals surface area contributed by atoms with Gasteiger partial charge in [0.1, 0.15) is 11.7 Å². The second-order valence-corrected chi connectivity index (χ2v) is 11.3. The molecule has 0 spiro atoms. The van der Waals surface area contributed by atoms with Crippen LogP contribution in [0, 0.1) is 0 Å². The average molecular weight is 608 g/mol. The summed E-state index contributed by atoms with van der Waals surface area (Å²) in [6, 6.07) is 20.4. The molecule has 3 heterocycles. The largest absolute Gasteiger partial charge is 0.462 e. The van der Waals surface area contributed by atoms with Gasteiger partial charge >= 0.3 is 5.97 Å². The number of nitrogens with one attached hydrogen (secondary N) is 1. The summed E-state index contributed by atoms with van der Waals surface area (Å²) >= 11 is 12.7. The maximum Gasteiger partial charge on any atom is 0.338 e. The number of rotatable bonds is 12. The van der Waals surface area contributed by atoms with E-state index in [9.17, 15) is 4.79 Å². The number of aryl methyl sites for hydroxylation is 1. The Balaban J connectivity index is 1.39. The number of carbonyl (C=O) groups is 1. The molecule has 1 aromatic heterocycles. The normalized spacial score (nSPS) is 17.5. The molecule has 0 aliphatic carbocycles. The third kappa shape index (κ3) is 8.19. The van der Waals surface area contributed by atoms with Crippen molar-refractivity contribution >= 4 is 35.0 Å². The summed E-state index contributed by atoms with van der Waals surface area (Å²) in [5.74, 6) is 0.104. The highest BCUT2D eigenvalue weighted by atomic mass is 35.5. The summed E-state index contributed by atoms with van der Waals surface area (Å²) < 4.78 is 12.0. The predicted molar refractivity (Wildman–Crippen MR) is 167 cm³/mol. The highest BCUT2D eigenvalue weighted by Gasteiger charge is 2.33. The molecular weight excluding hydrogens is 571 g/mol. The van der Waals surface area contributed by atoms with Crippen LogP contribution in [0.2, 0.25) is 10.0 Å². The van der Waals surface area contributed by atoms with Gasteiger partial charge in [0.05, 0.1) is 41.1 Å². The molecule has 2 aliphatic rings. The molecule has 7 nitrogen and oxygen atoms in total. The summed E-state index contributed by atoms with van der Waals surface area (Å²) in [7, 11) is 0. The number of likely N-dealkylation sites (tertiary alicyclic amines) is 1. The number of amidine groups is 1. The van der Waals surface area contributed by atoms with E-state index in [1.54, 1.807) is 18.3 Å². The molecule has 1 unspecified atom stereocenters. The molecule has 2 aliphatic heterocycles. The van der Waals surface area contributed by atoms with Gasteiger partial charge in [-0.05, 0) is 74.2 Å². The van der Waals surface area contributed by atoms with Gasteiger partial charge in [-0.3, -0.25) is 9.98 Å². The maximum atomic E-state index is 13.8. The van der Waals surface area contributed by atoms with Crippen LogP contribution in [0.3, 0.4) is 0 Å². The van der Waals surface area contributed by atoms with Gasteiger partial charge in [0.25, 0.3) is 0 Å². The van der Waals surface area contributed by atoms with Crippen LogP contribution >= 0.6 is 23.2 Å².